The van der Waals surface area contributed by atoms with Crippen molar-refractivity contribution in [3.05, 3.63) is 0 Å². The summed E-state index contributed by atoms with van der Waals surface area (Å²) in [4.78, 5) is 2.43. The minimum Gasteiger partial charge on any atom is -0.377 e. The fourth-order valence-electron chi connectivity index (χ4n) is 2.41. The third kappa shape index (κ3) is 4.24. The molecule has 0 aliphatic carbocycles. The summed E-state index contributed by atoms with van der Waals surface area (Å²) < 4.78 is 5.65. The van der Waals surface area contributed by atoms with E-state index in [-0.39, 0.29) is 0 Å². The number of hydrogen-bond acceptors (Lipinski definition) is 4. The van der Waals surface area contributed by atoms with Gasteiger partial charge in [0.1, 0.15) is 0 Å². The Bertz CT molecular complexity index is 191. The summed E-state index contributed by atoms with van der Waals surface area (Å²) in [6.07, 6.45) is 4.27. The van der Waals surface area contributed by atoms with Gasteiger partial charge in [-0.1, -0.05) is 0 Å². The Morgan fingerprint density at radius 2 is 2.44 bits per heavy atom. The lowest BCUT2D eigenvalue weighted by atomic mass is 10.2. The molecule has 2 unspecified atom stereocenters. The molecule has 0 amide bonds. The van der Waals surface area contributed by atoms with E-state index in [0.717, 1.165) is 19.2 Å². The predicted molar refractivity (Wildman–Crippen MR) is 70.2 cm³/mol. The van der Waals surface area contributed by atoms with Crippen molar-refractivity contribution in [2.75, 3.05) is 44.8 Å². The van der Waals surface area contributed by atoms with Gasteiger partial charge in [0.05, 0.1) is 6.10 Å². The maximum Gasteiger partial charge on any atom is 0.0702 e. The number of likely N-dealkylation sites (N-methyl/N-ethyl adjacent to an activating group) is 1. The van der Waals surface area contributed by atoms with Gasteiger partial charge in [-0.05, 0) is 32.9 Å². The van der Waals surface area contributed by atoms with Crippen LogP contribution in [0.1, 0.15) is 19.3 Å². The van der Waals surface area contributed by atoms with E-state index in [2.05, 4.69) is 29.0 Å². The summed E-state index contributed by atoms with van der Waals surface area (Å²) in [6.45, 7) is 4.46. The first-order chi connectivity index (χ1) is 7.84. The minimum absolute atomic E-state index is 0.499. The second-order valence-electron chi connectivity index (χ2n) is 4.91. The second-order valence-corrected chi connectivity index (χ2v) is 6.06. The van der Waals surface area contributed by atoms with Crippen molar-refractivity contribution < 1.29 is 4.74 Å². The monoisotopic (exact) mass is 244 g/mol. The standard InChI is InChI=1S/C12H24N2OS/c1-14(9-12-3-2-7-15-12)6-4-11-10-16-8-5-13-11/h11-13H,2-10H2,1H3. The first kappa shape index (κ1) is 12.7. The van der Waals surface area contributed by atoms with Crippen LogP contribution in [0.2, 0.25) is 0 Å². The van der Waals surface area contributed by atoms with Crippen LogP contribution < -0.4 is 5.32 Å². The average Bonchev–Trinajstić information content (AvgIpc) is 2.81. The highest BCUT2D eigenvalue weighted by molar-refractivity contribution is 7.99. The molecular weight excluding hydrogens is 220 g/mol. The topological polar surface area (TPSA) is 24.5 Å². The molecule has 2 heterocycles. The predicted octanol–water partition coefficient (Wildman–Crippen LogP) is 1.19. The molecule has 0 aromatic carbocycles. The second kappa shape index (κ2) is 6.84. The van der Waals surface area contributed by atoms with Gasteiger partial charge in [-0.3, -0.25) is 0 Å². The fraction of sp³-hybridized carbons (Fsp3) is 1.00. The normalized spacial score (nSPS) is 31.1. The molecule has 16 heavy (non-hydrogen) atoms. The molecule has 0 spiro atoms. The van der Waals surface area contributed by atoms with E-state index in [9.17, 15) is 0 Å². The number of ether oxygens (including phenoxy) is 1. The smallest absolute Gasteiger partial charge is 0.0702 e. The summed E-state index contributed by atoms with van der Waals surface area (Å²) in [7, 11) is 2.22. The van der Waals surface area contributed by atoms with Crippen LogP contribution in [-0.4, -0.2) is 61.8 Å². The number of hydrogen-bond donors (Lipinski definition) is 1. The molecule has 1 N–H and O–H groups in total. The lowest BCUT2D eigenvalue weighted by molar-refractivity contribution is 0.0803. The van der Waals surface area contributed by atoms with Crippen molar-refractivity contribution in [3.63, 3.8) is 0 Å². The van der Waals surface area contributed by atoms with E-state index in [4.69, 9.17) is 4.74 Å². The van der Waals surface area contributed by atoms with E-state index in [1.807, 2.05) is 0 Å². The Morgan fingerprint density at radius 1 is 1.50 bits per heavy atom. The zero-order chi connectivity index (χ0) is 11.2. The van der Waals surface area contributed by atoms with E-state index in [1.54, 1.807) is 0 Å². The number of thioether (sulfide) groups is 1. The molecule has 3 nitrogen and oxygen atoms in total. The van der Waals surface area contributed by atoms with Crippen LogP contribution >= 0.6 is 11.8 Å². The lowest BCUT2D eigenvalue weighted by Gasteiger charge is -2.26. The van der Waals surface area contributed by atoms with Crippen molar-refractivity contribution in [3.8, 4) is 0 Å². The zero-order valence-electron chi connectivity index (χ0n) is 10.3. The molecule has 2 aliphatic heterocycles. The average molecular weight is 244 g/mol. The molecule has 0 aromatic heterocycles. The molecule has 0 saturated carbocycles. The Morgan fingerprint density at radius 3 is 3.12 bits per heavy atom. The van der Waals surface area contributed by atoms with Crippen LogP contribution in [0.15, 0.2) is 0 Å². The van der Waals surface area contributed by atoms with E-state index in [0.29, 0.717) is 6.10 Å². The molecule has 2 saturated heterocycles. The van der Waals surface area contributed by atoms with Gasteiger partial charge in [0.15, 0.2) is 0 Å². The summed E-state index contributed by atoms with van der Waals surface area (Å²) in [6, 6.07) is 0.727. The number of rotatable bonds is 5. The van der Waals surface area contributed by atoms with Crippen LogP contribution in [0, 0.1) is 0 Å². The Hall–Kier alpha value is 0.230. The molecule has 2 atom stereocenters. The molecule has 0 bridgehead atoms. The molecule has 0 aromatic rings. The molecular formula is C12H24N2OS. The summed E-state index contributed by atoms with van der Waals surface area (Å²) in [5, 5.41) is 3.59. The third-order valence-electron chi connectivity index (χ3n) is 3.40. The zero-order valence-corrected chi connectivity index (χ0v) is 11.1. The van der Waals surface area contributed by atoms with Gasteiger partial charge in [-0.25, -0.2) is 0 Å². The van der Waals surface area contributed by atoms with E-state index < -0.39 is 0 Å². The van der Waals surface area contributed by atoms with Gasteiger partial charge in [0, 0.05) is 37.2 Å². The molecule has 94 valence electrons. The fourth-order valence-corrected chi connectivity index (χ4v) is 3.41. The maximum absolute atomic E-state index is 5.65. The van der Waals surface area contributed by atoms with Crippen molar-refractivity contribution in [2.24, 2.45) is 0 Å². The first-order valence-corrected chi connectivity index (χ1v) is 7.61. The highest BCUT2D eigenvalue weighted by atomic mass is 32.2. The van der Waals surface area contributed by atoms with Crippen LogP contribution in [-0.2, 0) is 4.74 Å². The van der Waals surface area contributed by atoms with Gasteiger partial charge in [0.25, 0.3) is 0 Å². The van der Waals surface area contributed by atoms with Gasteiger partial charge in [-0.2, -0.15) is 11.8 Å². The maximum atomic E-state index is 5.65. The molecule has 2 fully saturated rings. The minimum atomic E-state index is 0.499. The highest BCUT2D eigenvalue weighted by Crippen LogP contribution is 2.14. The van der Waals surface area contributed by atoms with Crippen LogP contribution in [0.4, 0.5) is 0 Å². The highest BCUT2D eigenvalue weighted by Gasteiger charge is 2.18. The summed E-state index contributed by atoms with van der Waals surface area (Å²) >= 11 is 2.08. The van der Waals surface area contributed by atoms with Gasteiger partial charge >= 0.3 is 0 Å². The lowest BCUT2D eigenvalue weighted by Crippen LogP contribution is -2.40. The molecule has 2 rings (SSSR count). The Balaban J connectivity index is 1.57. The number of nitrogens with one attached hydrogen (secondary N) is 1. The van der Waals surface area contributed by atoms with Crippen LogP contribution in [0.25, 0.3) is 0 Å². The van der Waals surface area contributed by atoms with Crippen LogP contribution in [0.5, 0.6) is 0 Å². The number of nitrogens with zero attached hydrogens (tertiary/aromatic N) is 1. The molecule has 0 radical (unpaired) electrons. The molecule has 4 heteroatoms. The largest absolute Gasteiger partial charge is 0.377 e. The van der Waals surface area contributed by atoms with Crippen molar-refractivity contribution in [1.29, 1.82) is 0 Å². The van der Waals surface area contributed by atoms with Crippen molar-refractivity contribution in [1.82, 2.24) is 10.2 Å². The molecule has 2 aliphatic rings. The first-order valence-electron chi connectivity index (χ1n) is 6.46. The van der Waals surface area contributed by atoms with Gasteiger partial charge in [-0.15, -0.1) is 0 Å². The Labute approximate surface area is 103 Å². The van der Waals surface area contributed by atoms with E-state index >= 15 is 0 Å². The van der Waals surface area contributed by atoms with Crippen molar-refractivity contribution >= 4 is 11.8 Å². The van der Waals surface area contributed by atoms with E-state index in [1.165, 1.54) is 43.9 Å². The van der Waals surface area contributed by atoms with Gasteiger partial charge in [0.2, 0.25) is 0 Å². The third-order valence-corrected chi connectivity index (χ3v) is 4.53. The SMILES string of the molecule is CN(CCC1CSCCN1)CC1CCCO1. The summed E-state index contributed by atoms with van der Waals surface area (Å²) in [5.74, 6) is 2.57. The quantitative estimate of drug-likeness (QED) is 0.785. The van der Waals surface area contributed by atoms with Crippen LogP contribution in [0.3, 0.4) is 0 Å². The van der Waals surface area contributed by atoms with Crippen molar-refractivity contribution in [2.45, 2.75) is 31.4 Å². The Kier molecular flexibility index (Phi) is 5.42. The summed E-state index contributed by atoms with van der Waals surface area (Å²) in [5.41, 5.74) is 0. The van der Waals surface area contributed by atoms with Gasteiger partial charge < -0.3 is 15.0 Å².